The van der Waals surface area contributed by atoms with E-state index in [4.69, 9.17) is 5.73 Å². The van der Waals surface area contributed by atoms with E-state index >= 15 is 0 Å². The summed E-state index contributed by atoms with van der Waals surface area (Å²) in [5, 5.41) is 9.59. The number of aliphatic hydroxyl groups is 1. The molecular weight excluding hydrogens is 178 g/mol. The number of piperazine rings is 1. The van der Waals surface area contributed by atoms with Crippen LogP contribution in [0.25, 0.3) is 0 Å². The maximum Gasteiger partial charge on any atom is 0.0664 e. The third kappa shape index (κ3) is 3.20. The Balaban J connectivity index is 2.41. The Bertz CT molecular complexity index is 165. The summed E-state index contributed by atoms with van der Waals surface area (Å²) >= 11 is 0. The van der Waals surface area contributed by atoms with Crippen LogP contribution in [0, 0.1) is 0 Å². The van der Waals surface area contributed by atoms with Gasteiger partial charge in [0, 0.05) is 38.8 Å². The van der Waals surface area contributed by atoms with Crippen LogP contribution in [0.5, 0.6) is 0 Å². The van der Waals surface area contributed by atoms with E-state index in [-0.39, 0.29) is 6.10 Å². The summed E-state index contributed by atoms with van der Waals surface area (Å²) < 4.78 is 0. The first kappa shape index (κ1) is 11.9. The molecule has 0 aromatic heterocycles. The molecule has 2 atom stereocenters. The van der Waals surface area contributed by atoms with E-state index in [0.29, 0.717) is 12.6 Å². The van der Waals surface area contributed by atoms with Gasteiger partial charge < -0.3 is 15.7 Å². The van der Waals surface area contributed by atoms with Gasteiger partial charge in [0.05, 0.1) is 6.10 Å². The fourth-order valence-corrected chi connectivity index (χ4v) is 1.91. The van der Waals surface area contributed by atoms with Crippen LogP contribution in [0.1, 0.15) is 13.3 Å². The van der Waals surface area contributed by atoms with E-state index in [9.17, 15) is 5.11 Å². The smallest absolute Gasteiger partial charge is 0.0664 e. The summed E-state index contributed by atoms with van der Waals surface area (Å²) in [6.45, 7) is 6.58. The van der Waals surface area contributed by atoms with Gasteiger partial charge in [0.15, 0.2) is 0 Å². The van der Waals surface area contributed by atoms with E-state index < -0.39 is 0 Å². The van der Waals surface area contributed by atoms with Gasteiger partial charge in [0.25, 0.3) is 0 Å². The molecule has 4 heteroatoms. The summed E-state index contributed by atoms with van der Waals surface area (Å²) in [4.78, 5) is 4.61. The number of nitrogens with zero attached hydrogens (tertiary/aromatic N) is 2. The third-order valence-electron chi connectivity index (χ3n) is 3.00. The van der Waals surface area contributed by atoms with Gasteiger partial charge in [-0.05, 0) is 13.5 Å². The van der Waals surface area contributed by atoms with Crippen molar-refractivity contribution in [2.45, 2.75) is 25.5 Å². The molecule has 0 aromatic carbocycles. The lowest BCUT2D eigenvalue weighted by Crippen LogP contribution is -2.56. The Morgan fingerprint density at radius 3 is 2.79 bits per heavy atom. The monoisotopic (exact) mass is 201 g/mol. The molecule has 1 fully saturated rings. The third-order valence-corrected chi connectivity index (χ3v) is 3.00. The standard InChI is InChI=1S/C10H23N3O/c1-3-10(14)8-13-5-4-12(2)7-9(13)6-11/h9-10,14H,3-8,11H2,1-2H3. The molecule has 0 aliphatic carbocycles. The first-order valence-electron chi connectivity index (χ1n) is 5.48. The highest BCUT2D eigenvalue weighted by Crippen LogP contribution is 2.08. The molecule has 1 saturated heterocycles. The maximum absolute atomic E-state index is 9.59. The first-order chi connectivity index (χ1) is 6.67. The van der Waals surface area contributed by atoms with Gasteiger partial charge in [-0.25, -0.2) is 0 Å². The summed E-state index contributed by atoms with van der Waals surface area (Å²) in [7, 11) is 2.12. The summed E-state index contributed by atoms with van der Waals surface area (Å²) in [5.41, 5.74) is 5.72. The van der Waals surface area contributed by atoms with Gasteiger partial charge in [0.2, 0.25) is 0 Å². The average molecular weight is 201 g/mol. The highest BCUT2D eigenvalue weighted by atomic mass is 16.3. The molecule has 1 aliphatic heterocycles. The summed E-state index contributed by atoms with van der Waals surface area (Å²) in [5.74, 6) is 0. The molecule has 2 unspecified atom stereocenters. The zero-order chi connectivity index (χ0) is 10.6. The number of aliphatic hydroxyl groups excluding tert-OH is 1. The molecule has 0 bridgehead atoms. The van der Waals surface area contributed by atoms with Crippen LogP contribution in [-0.2, 0) is 0 Å². The van der Waals surface area contributed by atoms with Crippen LogP contribution in [0.15, 0.2) is 0 Å². The van der Waals surface area contributed by atoms with Crippen LogP contribution >= 0.6 is 0 Å². The van der Waals surface area contributed by atoms with Crippen molar-refractivity contribution in [2.75, 3.05) is 39.8 Å². The molecule has 3 N–H and O–H groups in total. The van der Waals surface area contributed by atoms with E-state index in [1.807, 2.05) is 6.92 Å². The highest BCUT2D eigenvalue weighted by Gasteiger charge is 2.24. The van der Waals surface area contributed by atoms with Crippen molar-refractivity contribution in [1.29, 1.82) is 0 Å². The molecule has 0 amide bonds. The lowest BCUT2D eigenvalue weighted by Gasteiger charge is -2.40. The molecule has 0 spiro atoms. The minimum absolute atomic E-state index is 0.201. The van der Waals surface area contributed by atoms with Gasteiger partial charge in [-0.15, -0.1) is 0 Å². The topological polar surface area (TPSA) is 52.7 Å². The normalized spacial score (nSPS) is 27.9. The largest absolute Gasteiger partial charge is 0.392 e. The van der Waals surface area contributed by atoms with Gasteiger partial charge in [-0.2, -0.15) is 0 Å². The average Bonchev–Trinajstić information content (AvgIpc) is 2.20. The van der Waals surface area contributed by atoms with Crippen molar-refractivity contribution in [2.24, 2.45) is 5.73 Å². The molecule has 0 radical (unpaired) electrons. The van der Waals surface area contributed by atoms with Crippen LogP contribution in [0.3, 0.4) is 0 Å². The molecule has 1 heterocycles. The molecule has 84 valence electrons. The van der Waals surface area contributed by atoms with E-state index in [1.165, 1.54) is 0 Å². The van der Waals surface area contributed by atoms with Crippen molar-refractivity contribution < 1.29 is 5.11 Å². The first-order valence-corrected chi connectivity index (χ1v) is 5.48. The van der Waals surface area contributed by atoms with Crippen molar-refractivity contribution in [1.82, 2.24) is 9.80 Å². The number of likely N-dealkylation sites (N-methyl/N-ethyl adjacent to an activating group) is 1. The fraction of sp³-hybridized carbons (Fsp3) is 1.00. The SMILES string of the molecule is CCC(O)CN1CCN(C)CC1CN. The molecule has 0 saturated carbocycles. The summed E-state index contributed by atoms with van der Waals surface area (Å²) in [6.07, 6.45) is 0.622. The molecule has 0 aromatic rings. The van der Waals surface area contributed by atoms with Crippen molar-refractivity contribution in [3.05, 3.63) is 0 Å². The predicted molar refractivity (Wildman–Crippen MR) is 58.2 cm³/mol. The quantitative estimate of drug-likeness (QED) is 0.633. The lowest BCUT2D eigenvalue weighted by molar-refractivity contribution is 0.0430. The van der Waals surface area contributed by atoms with E-state index in [0.717, 1.165) is 32.6 Å². The second kappa shape index (κ2) is 5.66. The lowest BCUT2D eigenvalue weighted by atomic mass is 10.1. The minimum Gasteiger partial charge on any atom is -0.392 e. The van der Waals surface area contributed by atoms with Crippen molar-refractivity contribution >= 4 is 0 Å². The van der Waals surface area contributed by atoms with Crippen LogP contribution < -0.4 is 5.73 Å². The van der Waals surface area contributed by atoms with Gasteiger partial charge >= 0.3 is 0 Å². The zero-order valence-corrected chi connectivity index (χ0v) is 9.32. The van der Waals surface area contributed by atoms with Crippen LogP contribution in [-0.4, -0.2) is 66.8 Å². The molecular formula is C10H23N3O. The Hall–Kier alpha value is -0.160. The number of hydrogen-bond donors (Lipinski definition) is 2. The number of β-amino-alcohol motifs (C(OH)–C–C–N with tert-alkyl or cyclic N) is 1. The minimum atomic E-state index is -0.201. The number of nitrogens with two attached hydrogens (primary N) is 1. The predicted octanol–water partition coefficient (Wildman–Crippen LogP) is -0.668. The van der Waals surface area contributed by atoms with E-state index in [1.54, 1.807) is 0 Å². The van der Waals surface area contributed by atoms with Gasteiger partial charge in [-0.1, -0.05) is 6.92 Å². The maximum atomic E-state index is 9.59. The number of hydrogen-bond acceptors (Lipinski definition) is 4. The Morgan fingerprint density at radius 1 is 1.50 bits per heavy atom. The van der Waals surface area contributed by atoms with Crippen molar-refractivity contribution in [3.63, 3.8) is 0 Å². The van der Waals surface area contributed by atoms with Crippen LogP contribution in [0.4, 0.5) is 0 Å². The van der Waals surface area contributed by atoms with Crippen LogP contribution in [0.2, 0.25) is 0 Å². The molecule has 14 heavy (non-hydrogen) atoms. The molecule has 4 nitrogen and oxygen atoms in total. The Morgan fingerprint density at radius 2 is 2.21 bits per heavy atom. The highest BCUT2D eigenvalue weighted by molar-refractivity contribution is 4.82. The molecule has 1 rings (SSSR count). The fourth-order valence-electron chi connectivity index (χ4n) is 1.91. The van der Waals surface area contributed by atoms with E-state index in [2.05, 4.69) is 16.8 Å². The molecule has 1 aliphatic rings. The Kier molecular flexibility index (Phi) is 4.81. The Labute approximate surface area is 86.7 Å². The second-order valence-corrected chi connectivity index (χ2v) is 4.21. The number of rotatable bonds is 4. The van der Waals surface area contributed by atoms with Gasteiger partial charge in [-0.3, -0.25) is 4.90 Å². The second-order valence-electron chi connectivity index (χ2n) is 4.21. The van der Waals surface area contributed by atoms with Crippen molar-refractivity contribution in [3.8, 4) is 0 Å². The zero-order valence-electron chi connectivity index (χ0n) is 9.32. The van der Waals surface area contributed by atoms with Gasteiger partial charge in [0.1, 0.15) is 0 Å². The summed E-state index contributed by atoms with van der Waals surface area (Å²) in [6, 6.07) is 0.412.